The first-order valence-corrected chi connectivity index (χ1v) is 12.0. The molecule has 0 spiro atoms. The van der Waals surface area contributed by atoms with Crippen LogP contribution in [-0.4, -0.2) is 71.4 Å². The van der Waals surface area contributed by atoms with Gasteiger partial charge in [-0.05, 0) is 19.4 Å². The first-order valence-electron chi connectivity index (χ1n) is 12.0. The average molecular weight is 533 g/mol. The van der Waals surface area contributed by atoms with E-state index in [1.54, 1.807) is 0 Å². The third-order valence-electron chi connectivity index (χ3n) is 5.71. The van der Waals surface area contributed by atoms with Crippen LogP contribution in [0.2, 0.25) is 0 Å². The predicted molar refractivity (Wildman–Crippen MR) is 130 cm³/mol. The zero-order chi connectivity index (χ0) is 28.0. The smallest absolute Gasteiger partial charge is 0.303 e. The summed E-state index contributed by atoms with van der Waals surface area (Å²) in [6.07, 6.45) is -5.96. The summed E-state index contributed by atoms with van der Waals surface area (Å²) in [7, 11) is 0. The van der Waals surface area contributed by atoms with Crippen LogP contribution in [0.25, 0.3) is 0 Å². The van der Waals surface area contributed by atoms with Crippen molar-refractivity contribution in [2.45, 2.75) is 78.7 Å². The number of carbonyl (C=O) groups is 4. The van der Waals surface area contributed by atoms with Crippen molar-refractivity contribution >= 4 is 23.9 Å². The maximum atomic E-state index is 12.0. The first-order chi connectivity index (χ1) is 17.9. The molecule has 206 valence electrons. The number of benzene rings is 1. The number of esters is 4. The number of carbonyl (C=O) groups excluding carboxylic acids is 4. The molecule has 1 aliphatic rings. The van der Waals surface area contributed by atoms with Gasteiger partial charge in [-0.1, -0.05) is 29.8 Å². The molecule has 3 rings (SSSR count). The normalized spacial score (nSPS) is 22.7. The van der Waals surface area contributed by atoms with E-state index in [-0.39, 0.29) is 12.5 Å². The monoisotopic (exact) mass is 532 g/mol. The second-order valence-electron chi connectivity index (χ2n) is 8.98. The predicted octanol–water partition coefficient (Wildman–Crippen LogP) is 2.08. The third kappa shape index (κ3) is 7.54. The number of rotatable bonds is 9. The quantitative estimate of drug-likeness (QED) is 0.373. The topological polar surface area (TPSA) is 152 Å². The number of aryl methyl sites for hydroxylation is 2. The summed E-state index contributed by atoms with van der Waals surface area (Å²) in [6.45, 7) is 8.14. The summed E-state index contributed by atoms with van der Waals surface area (Å²) in [5.41, 5.74) is 3.59. The molecule has 1 saturated heterocycles. The lowest BCUT2D eigenvalue weighted by atomic mass is 9.98. The Kier molecular flexibility index (Phi) is 9.45. The Hall–Kier alpha value is -3.93. The Morgan fingerprint density at radius 2 is 1.42 bits per heavy atom. The van der Waals surface area contributed by atoms with Gasteiger partial charge in [0.25, 0.3) is 0 Å². The van der Waals surface area contributed by atoms with E-state index in [2.05, 4.69) is 10.2 Å². The maximum Gasteiger partial charge on any atom is 0.303 e. The molecule has 0 radical (unpaired) electrons. The Morgan fingerprint density at radius 1 is 0.842 bits per heavy atom. The summed E-state index contributed by atoms with van der Waals surface area (Å²) >= 11 is 0. The van der Waals surface area contributed by atoms with Crippen molar-refractivity contribution in [3.8, 4) is 5.88 Å². The summed E-state index contributed by atoms with van der Waals surface area (Å²) in [5.74, 6) is -2.60. The minimum absolute atomic E-state index is 0.170. The molecule has 12 nitrogen and oxygen atoms in total. The first kappa shape index (κ1) is 28.6. The van der Waals surface area contributed by atoms with Crippen LogP contribution >= 0.6 is 0 Å². The standard InChI is InChI=1S/C26H32N2O10/c1-13-7-9-19(10-8-13)11-20-14(2)27-28-25(20)38-26-24(36-18(6)32)23(35-17(5)31)22(34-16(4)30)21(37-26)12-33-15(3)29/h7-10,21-24,26H,11-12H2,1-6H3,(H,27,28)/t21-,22-,23+,24-,26+/m1/s1. The van der Waals surface area contributed by atoms with Crippen LogP contribution in [0.15, 0.2) is 24.3 Å². The Labute approximate surface area is 219 Å². The van der Waals surface area contributed by atoms with Crippen molar-refractivity contribution in [3.63, 3.8) is 0 Å². The SMILES string of the molecule is CC(=O)OC[C@H]1O[C@@H](Oc2n[nH]c(C)c2Cc2ccc(C)cc2)[C@H](OC(C)=O)[C@@H](OC(C)=O)[C@@H]1OC(C)=O. The highest BCUT2D eigenvalue weighted by Crippen LogP contribution is 2.32. The Bertz CT molecular complexity index is 1160. The van der Waals surface area contributed by atoms with Crippen LogP contribution in [-0.2, 0) is 49.3 Å². The van der Waals surface area contributed by atoms with E-state index < -0.39 is 54.6 Å². The van der Waals surface area contributed by atoms with Crippen molar-refractivity contribution in [1.29, 1.82) is 0 Å². The van der Waals surface area contributed by atoms with Gasteiger partial charge in [-0.3, -0.25) is 24.3 Å². The van der Waals surface area contributed by atoms with Crippen molar-refractivity contribution < 1.29 is 47.6 Å². The van der Waals surface area contributed by atoms with Gasteiger partial charge in [0, 0.05) is 45.4 Å². The van der Waals surface area contributed by atoms with Crippen molar-refractivity contribution in [2.75, 3.05) is 6.61 Å². The molecule has 1 aromatic carbocycles. The van der Waals surface area contributed by atoms with E-state index in [1.807, 2.05) is 38.1 Å². The number of ether oxygens (including phenoxy) is 6. The van der Waals surface area contributed by atoms with Crippen molar-refractivity contribution in [3.05, 3.63) is 46.6 Å². The van der Waals surface area contributed by atoms with Gasteiger partial charge in [0.15, 0.2) is 12.2 Å². The molecule has 1 aliphatic heterocycles. The Balaban J connectivity index is 1.98. The summed E-state index contributed by atoms with van der Waals surface area (Å²) in [6, 6.07) is 7.95. The van der Waals surface area contributed by atoms with Gasteiger partial charge >= 0.3 is 23.9 Å². The van der Waals surface area contributed by atoms with E-state index in [0.717, 1.165) is 43.2 Å². The van der Waals surface area contributed by atoms with Gasteiger partial charge in [0.1, 0.15) is 12.7 Å². The molecule has 1 fully saturated rings. The molecular weight excluding hydrogens is 500 g/mol. The molecule has 0 unspecified atom stereocenters. The zero-order valence-electron chi connectivity index (χ0n) is 22.1. The number of H-pyrrole nitrogens is 1. The number of aromatic nitrogens is 2. The lowest BCUT2D eigenvalue weighted by Gasteiger charge is -2.43. The highest BCUT2D eigenvalue weighted by molar-refractivity contribution is 5.68. The minimum Gasteiger partial charge on any atom is -0.463 e. The molecule has 0 aliphatic carbocycles. The number of aromatic amines is 1. The number of hydrogen-bond donors (Lipinski definition) is 1. The summed E-state index contributed by atoms with van der Waals surface area (Å²) in [4.78, 5) is 47.4. The lowest BCUT2D eigenvalue weighted by molar-refractivity contribution is -0.289. The van der Waals surface area contributed by atoms with Gasteiger partial charge in [0.2, 0.25) is 18.3 Å². The molecule has 5 atom stereocenters. The fourth-order valence-electron chi connectivity index (χ4n) is 4.04. The largest absolute Gasteiger partial charge is 0.463 e. The fraction of sp³-hybridized carbons (Fsp3) is 0.500. The van der Waals surface area contributed by atoms with Crippen LogP contribution in [0.5, 0.6) is 5.88 Å². The van der Waals surface area contributed by atoms with Gasteiger partial charge in [-0.25, -0.2) is 0 Å². The van der Waals surface area contributed by atoms with Crippen molar-refractivity contribution in [2.24, 2.45) is 0 Å². The second-order valence-corrected chi connectivity index (χ2v) is 8.98. The molecule has 0 bridgehead atoms. The fourth-order valence-corrected chi connectivity index (χ4v) is 4.04. The summed E-state index contributed by atoms with van der Waals surface area (Å²) < 4.78 is 33.5. The molecule has 0 saturated carbocycles. The molecule has 0 amide bonds. The Morgan fingerprint density at radius 3 is 2.00 bits per heavy atom. The van der Waals surface area contributed by atoms with E-state index >= 15 is 0 Å². The van der Waals surface area contributed by atoms with Crippen molar-refractivity contribution in [1.82, 2.24) is 10.2 Å². The molecule has 2 heterocycles. The molecule has 1 aromatic heterocycles. The zero-order valence-corrected chi connectivity index (χ0v) is 22.1. The van der Waals surface area contributed by atoms with Crippen LogP contribution in [0.1, 0.15) is 50.1 Å². The van der Waals surface area contributed by atoms with E-state index in [4.69, 9.17) is 28.4 Å². The van der Waals surface area contributed by atoms with E-state index in [0.29, 0.717) is 6.42 Å². The second kappa shape index (κ2) is 12.5. The van der Waals surface area contributed by atoms with Crippen LogP contribution in [0.3, 0.4) is 0 Å². The minimum atomic E-state index is -1.37. The molecular formula is C26H32N2O10. The van der Waals surface area contributed by atoms with Crippen LogP contribution < -0.4 is 4.74 Å². The van der Waals surface area contributed by atoms with Gasteiger partial charge in [0.05, 0.1) is 0 Å². The van der Waals surface area contributed by atoms with Crippen LogP contribution in [0.4, 0.5) is 0 Å². The third-order valence-corrected chi connectivity index (χ3v) is 5.71. The number of nitrogens with zero attached hydrogens (tertiary/aromatic N) is 1. The number of nitrogens with one attached hydrogen (secondary N) is 1. The number of hydrogen-bond acceptors (Lipinski definition) is 11. The molecule has 1 N–H and O–H groups in total. The maximum absolute atomic E-state index is 12.0. The van der Waals surface area contributed by atoms with Crippen LogP contribution in [0, 0.1) is 13.8 Å². The van der Waals surface area contributed by atoms with Gasteiger partial charge in [-0.2, -0.15) is 0 Å². The van der Waals surface area contributed by atoms with Gasteiger partial charge in [-0.15, -0.1) is 5.10 Å². The molecule has 12 heteroatoms. The molecule has 38 heavy (non-hydrogen) atoms. The highest BCUT2D eigenvalue weighted by Gasteiger charge is 2.53. The lowest BCUT2D eigenvalue weighted by Crippen LogP contribution is -2.63. The van der Waals surface area contributed by atoms with E-state index in [9.17, 15) is 19.2 Å². The molecule has 2 aromatic rings. The van der Waals surface area contributed by atoms with E-state index in [1.165, 1.54) is 6.92 Å². The summed E-state index contributed by atoms with van der Waals surface area (Å²) in [5, 5.41) is 7.12. The highest BCUT2D eigenvalue weighted by atomic mass is 16.7. The average Bonchev–Trinajstić information content (AvgIpc) is 3.16. The van der Waals surface area contributed by atoms with Gasteiger partial charge < -0.3 is 28.4 Å².